The second-order valence-electron chi connectivity index (χ2n) is 3.98. The molecule has 6 nitrogen and oxygen atoms in total. The van der Waals surface area contributed by atoms with Gasteiger partial charge in [0.1, 0.15) is 11.5 Å². The van der Waals surface area contributed by atoms with Crippen LogP contribution in [0.5, 0.6) is 0 Å². The van der Waals surface area contributed by atoms with Gasteiger partial charge in [-0.05, 0) is 18.2 Å². The van der Waals surface area contributed by atoms with Gasteiger partial charge in [-0.15, -0.1) is 0 Å². The first-order valence-corrected chi connectivity index (χ1v) is 5.68. The Balaban J connectivity index is 1.94. The number of hydrogen-bond donors (Lipinski definition) is 1. The number of aromatic nitrogens is 1. The van der Waals surface area contributed by atoms with Crippen LogP contribution in [0.1, 0.15) is 16.2 Å². The normalized spacial score (nSPS) is 10.6. The van der Waals surface area contributed by atoms with Crippen molar-refractivity contribution in [1.82, 2.24) is 10.4 Å². The third-order valence-corrected chi connectivity index (χ3v) is 2.31. The van der Waals surface area contributed by atoms with Crippen LogP contribution >= 0.6 is 0 Å². The molecule has 2 aromatic heterocycles. The number of carbonyl (C=O) groups excluding carboxylic acids is 1. The van der Waals surface area contributed by atoms with Crippen LogP contribution in [0.4, 0.5) is 5.88 Å². The maximum atomic E-state index is 11.6. The smallest absolute Gasteiger partial charge is 0.289 e. The fourth-order valence-corrected chi connectivity index (χ4v) is 1.36. The minimum atomic E-state index is -0.365. The number of rotatable bonds is 4. The quantitative estimate of drug-likeness (QED) is 0.666. The molecular formula is C13H14N4O2. The summed E-state index contributed by atoms with van der Waals surface area (Å²) in [7, 11) is 3.76. The van der Waals surface area contributed by atoms with E-state index in [1.807, 2.05) is 25.1 Å². The van der Waals surface area contributed by atoms with Crippen molar-refractivity contribution >= 4 is 18.0 Å². The molecule has 2 aromatic rings. The maximum absolute atomic E-state index is 11.6. The molecule has 19 heavy (non-hydrogen) atoms. The molecule has 0 saturated heterocycles. The van der Waals surface area contributed by atoms with Gasteiger partial charge in [-0.1, -0.05) is 6.07 Å². The Kier molecular flexibility index (Phi) is 3.92. The summed E-state index contributed by atoms with van der Waals surface area (Å²) in [6, 6.07) is 8.68. The molecule has 0 fully saturated rings. The van der Waals surface area contributed by atoms with Crippen LogP contribution in [0.25, 0.3) is 0 Å². The van der Waals surface area contributed by atoms with E-state index in [4.69, 9.17) is 4.42 Å². The van der Waals surface area contributed by atoms with E-state index in [0.717, 1.165) is 5.88 Å². The molecular weight excluding hydrogens is 244 g/mol. The predicted molar refractivity (Wildman–Crippen MR) is 72.3 cm³/mol. The van der Waals surface area contributed by atoms with Crippen molar-refractivity contribution in [2.75, 3.05) is 19.0 Å². The van der Waals surface area contributed by atoms with Gasteiger partial charge in [0, 0.05) is 26.4 Å². The van der Waals surface area contributed by atoms with Crippen molar-refractivity contribution in [3.05, 3.63) is 48.0 Å². The summed E-state index contributed by atoms with van der Waals surface area (Å²) in [5.41, 5.74) is 2.69. The molecule has 0 saturated carbocycles. The Morgan fingerprint density at radius 3 is 2.84 bits per heavy atom. The van der Waals surface area contributed by atoms with Crippen LogP contribution in [0.2, 0.25) is 0 Å². The molecule has 0 bridgehead atoms. The summed E-state index contributed by atoms with van der Waals surface area (Å²) in [5.74, 6) is 0.916. The van der Waals surface area contributed by atoms with E-state index in [1.54, 1.807) is 30.5 Å². The zero-order chi connectivity index (χ0) is 13.7. The van der Waals surface area contributed by atoms with E-state index >= 15 is 0 Å². The molecule has 0 atom stereocenters. The number of furan rings is 1. The van der Waals surface area contributed by atoms with E-state index in [0.29, 0.717) is 11.5 Å². The number of hydrazone groups is 1. The van der Waals surface area contributed by atoms with E-state index in [2.05, 4.69) is 15.5 Å². The summed E-state index contributed by atoms with van der Waals surface area (Å²) in [6.45, 7) is 0. The largest absolute Gasteiger partial charge is 0.440 e. The van der Waals surface area contributed by atoms with Gasteiger partial charge in [-0.2, -0.15) is 5.10 Å². The van der Waals surface area contributed by atoms with Crippen LogP contribution < -0.4 is 10.3 Å². The Labute approximate surface area is 110 Å². The molecule has 0 aliphatic carbocycles. The fourth-order valence-electron chi connectivity index (χ4n) is 1.36. The van der Waals surface area contributed by atoms with Crippen LogP contribution in [0, 0.1) is 0 Å². The summed E-state index contributed by atoms with van der Waals surface area (Å²) >= 11 is 0. The number of carbonyl (C=O) groups is 1. The molecule has 0 aliphatic rings. The predicted octanol–water partition coefficient (Wildman–Crippen LogP) is 1.50. The van der Waals surface area contributed by atoms with Gasteiger partial charge >= 0.3 is 0 Å². The zero-order valence-electron chi connectivity index (χ0n) is 10.7. The topological polar surface area (TPSA) is 70.7 Å². The average molecular weight is 258 g/mol. The number of nitrogens with one attached hydrogen (secondary N) is 1. The van der Waals surface area contributed by atoms with Gasteiger partial charge in [0.2, 0.25) is 0 Å². The van der Waals surface area contributed by atoms with Crippen molar-refractivity contribution in [2.24, 2.45) is 5.10 Å². The SMILES string of the molecule is CN(C)c1ccc(C=NNC(=O)c2ccccn2)o1. The Morgan fingerprint density at radius 2 is 2.21 bits per heavy atom. The highest BCUT2D eigenvalue weighted by Gasteiger charge is 2.04. The first-order chi connectivity index (χ1) is 9.16. The van der Waals surface area contributed by atoms with Gasteiger partial charge in [0.15, 0.2) is 5.88 Å². The van der Waals surface area contributed by atoms with Gasteiger partial charge < -0.3 is 9.32 Å². The molecule has 1 amide bonds. The van der Waals surface area contributed by atoms with Crippen molar-refractivity contribution in [3.8, 4) is 0 Å². The van der Waals surface area contributed by atoms with Gasteiger partial charge in [0.05, 0.1) is 6.21 Å². The number of nitrogens with zero attached hydrogens (tertiary/aromatic N) is 3. The minimum absolute atomic E-state index is 0.313. The average Bonchev–Trinajstić information content (AvgIpc) is 2.89. The maximum Gasteiger partial charge on any atom is 0.289 e. The second-order valence-corrected chi connectivity index (χ2v) is 3.98. The molecule has 1 N–H and O–H groups in total. The molecule has 0 aliphatic heterocycles. The summed E-state index contributed by atoms with van der Waals surface area (Å²) < 4.78 is 5.44. The number of anilines is 1. The number of amides is 1. The highest BCUT2D eigenvalue weighted by molar-refractivity contribution is 5.92. The molecule has 98 valence electrons. The third-order valence-electron chi connectivity index (χ3n) is 2.31. The summed E-state index contributed by atoms with van der Waals surface area (Å²) in [6.07, 6.45) is 2.99. The van der Waals surface area contributed by atoms with Crippen LogP contribution in [0.15, 0.2) is 46.0 Å². The summed E-state index contributed by atoms with van der Waals surface area (Å²) in [4.78, 5) is 17.4. The Morgan fingerprint density at radius 1 is 1.37 bits per heavy atom. The minimum Gasteiger partial charge on any atom is -0.440 e. The number of hydrogen-bond acceptors (Lipinski definition) is 5. The van der Waals surface area contributed by atoms with Crippen LogP contribution in [-0.2, 0) is 0 Å². The van der Waals surface area contributed by atoms with Crippen LogP contribution in [-0.4, -0.2) is 31.2 Å². The van der Waals surface area contributed by atoms with E-state index in [9.17, 15) is 4.79 Å². The first kappa shape index (κ1) is 12.8. The van der Waals surface area contributed by atoms with Crippen molar-refractivity contribution < 1.29 is 9.21 Å². The first-order valence-electron chi connectivity index (χ1n) is 5.68. The number of pyridine rings is 1. The highest BCUT2D eigenvalue weighted by atomic mass is 16.4. The van der Waals surface area contributed by atoms with Gasteiger partial charge in [-0.3, -0.25) is 9.78 Å². The molecule has 2 heterocycles. The van der Waals surface area contributed by atoms with Crippen LogP contribution in [0.3, 0.4) is 0 Å². The second kappa shape index (κ2) is 5.81. The zero-order valence-corrected chi connectivity index (χ0v) is 10.7. The Hall–Kier alpha value is -2.63. The molecule has 0 radical (unpaired) electrons. The van der Waals surface area contributed by atoms with Gasteiger partial charge in [0.25, 0.3) is 5.91 Å². The fraction of sp³-hybridized carbons (Fsp3) is 0.154. The van der Waals surface area contributed by atoms with E-state index in [1.165, 1.54) is 6.21 Å². The molecule has 0 spiro atoms. The molecule has 6 heteroatoms. The Bertz CT molecular complexity index is 575. The standard InChI is InChI=1S/C13H14N4O2/c1-17(2)12-7-6-10(19-12)9-15-16-13(18)11-5-3-4-8-14-11/h3-9H,1-2H3,(H,16,18). The highest BCUT2D eigenvalue weighted by Crippen LogP contribution is 2.13. The van der Waals surface area contributed by atoms with Crippen molar-refractivity contribution in [3.63, 3.8) is 0 Å². The molecule has 0 unspecified atom stereocenters. The van der Waals surface area contributed by atoms with Crippen molar-refractivity contribution in [2.45, 2.75) is 0 Å². The van der Waals surface area contributed by atoms with E-state index in [-0.39, 0.29) is 5.91 Å². The lowest BCUT2D eigenvalue weighted by Gasteiger charge is -2.05. The van der Waals surface area contributed by atoms with Crippen molar-refractivity contribution in [1.29, 1.82) is 0 Å². The summed E-state index contributed by atoms with van der Waals surface area (Å²) in [5, 5.41) is 3.81. The monoisotopic (exact) mass is 258 g/mol. The molecule has 0 aromatic carbocycles. The lowest BCUT2D eigenvalue weighted by molar-refractivity contribution is 0.0950. The van der Waals surface area contributed by atoms with E-state index < -0.39 is 0 Å². The lowest BCUT2D eigenvalue weighted by Crippen LogP contribution is -2.18. The lowest BCUT2D eigenvalue weighted by atomic mass is 10.3. The third kappa shape index (κ3) is 3.41. The molecule has 2 rings (SSSR count). The van der Waals surface area contributed by atoms with Gasteiger partial charge in [-0.25, -0.2) is 5.43 Å².